The molecule has 2 nitrogen and oxygen atoms in total. The molecular weight excluding hydrogens is 312 g/mol. The zero-order chi connectivity index (χ0) is 14.1. The number of hydrogen-bond donors (Lipinski definition) is 1. The summed E-state index contributed by atoms with van der Waals surface area (Å²) in [6.07, 6.45) is 2.59. The molecule has 2 aliphatic heterocycles. The van der Waals surface area contributed by atoms with Crippen molar-refractivity contribution in [3.05, 3.63) is 54.1 Å². The molecule has 22 heavy (non-hydrogen) atoms. The van der Waals surface area contributed by atoms with Crippen LogP contribution < -0.4 is 10.2 Å². The lowest BCUT2D eigenvalue weighted by Crippen LogP contribution is -2.35. The van der Waals surface area contributed by atoms with Gasteiger partial charge in [-0.25, -0.2) is 0 Å². The third-order valence-electron chi connectivity index (χ3n) is 4.39. The van der Waals surface area contributed by atoms with E-state index in [1.165, 1.54) is 34.7 Å². The topological polar surface area (TPSA) is 15.3 Å². The average molecular weight is 333 g/mol. The molecule has 1 fully saturated rings. The van der Waals surface area contributed by atoms with E-state index in [1.54, 1.807) is 0 Å². The van der Waals surface area contributed by atoms with Crippen LogP contribution in [0.5, 0.6) is 0 Å². The number of fused-ring (bicyclic) bond motifs is 2. The van der Waals surface area contributed by atoms with E-state index in [2.05, 4.69) is 58.7 Å². The van der Waals surface area contributed by atoms with E-state index in [4.69, 9.17) is 0 Å². The summed E-state index contributed by atoms with van der Waals surface area (Å²) in [4.78, 5) is 3.92. The fourth-order valence-corrected chi connectivity index (χ4v) is 4.37. The number of para-hydroxylation sites is 2. The van der Waals surface area contributed by atoms with Crippen LogP contribution in [0.1, 0.15) is 18.4 Å². The summed E-state index contributed by atoms with van der Waals surface area (Å²) in [6.45, 7) is 2.23. The van der Waals surface area contributed by atoms with Crippen molar-refractivity contribution in [2.24, 2.45) is 0 Å². The van der Waals surface area contributed by atoms with Crippen molar-refractivity contribution < 1.29 is 0 Å². The lowest BCUT2D eigenvalue weighted by molar-refractivity contribution is 0.607. The number of nitrogens with one attached hydrogen (secondary N) is 1. The average Bonchev–Trinajstić information content (AvgIpc) is 2.99. The Bertz CT molecular complexity index is 593. The first-order valence-corrected chi connectivity index (χ1v) is 8.71. The van der Waals surface area contributed by atoms with E-state index in [-0.39, 0.29) is 12.4 Å². The first-order valence-electron chi connectivity index (χ1n) is 7.72. The quantitative estimate of drug-likeness (QED) is 0.865. The lowest BCUT2D eigenvalue weighted by atomic mass is 10.1. The Morgan fingerprint density at radius 2 is 1.82 bits per heavy atom. The van der Waals surface area contributed by atoms with E-state index in [0.717, 1.165) is 18.8 Å². The van der Waals surface area contributed by atoms with Crippen molar-refractivity contribution in [1.82, 2.24) is 5.32 Å². The molecule has 0 aliphatic carbocycles. The van der Waals surface area contributed by atoms with Gasteiger partial charge < -0.3 is 10.2 Å². The molecule has 2 heterocycles. The molecule has 1 N–H and O–H groups in total. The van der Waals surface area contributed by atoms with Crippen molar-refractivity contribution >= 4 is 35.5 Å². The van der Waals surface area contributed by atoms with Gasteiger partial charge in [0.15, 0.2) is 0 Å². The maximum absolute atomic E-state index is 3.64. The van der Waals surface area contributed by atoms with Crippen LogP contribution in [0.4, 0.5) is 11.4 Å². The van der Waals surface area contributed by atoms with Gasteiger partial charge in [0, 0.05) is 28.9 Å². The fraction of sp³-hybridized carbons (Fsp3) is 0.333. The lowest BCUT2D eigenvalue weighted by Gasteiger charge is -2.29. The fourth-order valence-electron chi connectivity index (χ4n) is 3.31. The second kappa shape index (κ2) is 6.95. The summed E-state index contributed by atoms with van der Waals surface area (Å²) in [5.41, 5.74) is 4.18. The highest BCUT2D eigenvalue weighted by Gasteiger charge is 2.24. The highest BCUT2D eigenvalue weighted by Crippen LogP contribution is 2.42. The number of halogens is 1. The summed E-state index contributed by atoms with van der Waals surface area (Å²) in [6, 6.07) is 18.3. The van der Waals surface area contributed by atoms with Crippen LogP contribution in [0.25, 0.3) is 0 Å². The molecule has 1 saturated heterocycles. The molecule has 1 unspecified atom stereocenters. The molecule has 2 aromatic carbocycles. The molecular formula is C18H21ClN2S. The Labute approximate surface area is 142 Å². The van der Waals surface area contributed by atoms with Crippen molar-refractivity contribution in [2.45, 2.75) is 29.5 Å². The van der Waals surface area contributed by atoms with E-state index >= 15 is 0 Å². The molecule has 116 valence electrons. The first-order chi connectivity index (χ1) is 10.4. The number of benzene rings is 2. The molecule has 4 heteroatoms. The predicted octanol–water partition coefficient (Wildman–Crippen LogP) is 4.60. The highest BCUT2D eigenvalue weighted by atomic mass is 35.5. The van der Waals surface area contributed by atoms with Gasteiger partial charge in [-0.1, -0.05) is 30.3 Å². The minimum absolute atomic E-state index is 0. The number of nitrogens with zero attached hydrogens (tertiary/aromatic N) is 1. The van der Waals surface area contributed by atoms with Crippen molar-refractivity contribution in [3.8, 4) is 0 Å². The third-order valence-corrected chi connectivity index (χ3v) is 5.50. The molecule has 0 saturated carbocycles. The van der Waals surface area contributed by atoms with Gasteiger partial charge in [0.05, 0.1) is 5.69 Å². The summed E-state index contributed by atoms with van der Waals surface area (Å²) in [5, 5.41) is 3.64. The minimum Gasteiger partial charge on any atom is -0.339 e. The molecule has 2 aromatic rings. The summed E-state index contributed by atoms with van der Waals surface area (Å²) in [5.74, 6) is 1.06. The van der Waals surface area contributed by atoms with Crippen LogP contribution in [0.3, 0.4) is 0 Å². The molecule has 0 bridgehead atoms. The van der Waals surface area contributed by atoms with Crippen LogP contribution in [-0.2, 0) is 5.75 Å². The van der Waals surface area contributed by atoms with E-state index in [1.807, 2.05) is 11.8 Å². The van der Waals surface area contributed by atoms with E-state index in [0.29, 0.717) is 6.04 Å². The SMILES string of the molecule is Cl.c1ccc2c(c1)CSc1ccccc1N2CC1CCCN1. The Balaban J connectivity index is 0.00000144. The van der Waals surface area contributed by atoms with Crippen LogP contribution >= 0.6 is 24.2 Å². The van der Waals surface area contributed by atoms with Gasteiger partial charge in [-0.2, -0.15) is 0 Å². The maximum Gasteiger partial charge on any atom is 0.0549 e. The zero-order valence-electron chi connectivity index (χ0n) is 12.5. The van der Waals surface area contributed by atoms with Gasteiger partial charge in [0.2, 0.25) is 0 Å². The van der Waals surface area contributed by atoms with Crippen molar-refractivity contribution in [3.63, 3.8) is 0 Å². The molecule has 1 atom stereocenters. The third kappa shape index (κ3) is 2.98. The molecule has 0 radical (unpaired) electrons. The minimum atomic E-state index is 0. The van der Waals surface area contributed by atoms with Gasteiger partial charge in [0.1, 0.15) is 0 Å². The molecule has 2 aliphatic rings. The van der Waals surface area contributed by atoms with Gasteiger partial charge >= 0.3 is 0 Å². The number of thioether (sulfide) groups is 1. The summed E-state index contributed by atoms with van der Waals surface area (Å²) in [7, 11) is 0. The standard InChI is InChI=1S/C18H20N2S.ClH/c1-2-8-16-14(6-1)13-21-18-10-4-3-9-17(18)20(16)12-15-7-5-11-19-15;/h1-4,6,8-10,15,19H,5,7,11-13H2;1H. The summed E-state index contributed by atoms with van der Waals surface area (Å²) >= 11 is 1.95. The number of rotatable bonds is 2. The van der Waals surface area contributed by atoms with Gasteiger partial charge in [-0.15, -0.1) is 24.2 Å². The smallest absolute Gasteiger partial charge is 0.0549 e. The van der Waals surface area contributed by atoms with Crippen molar-refractivity contribution in [2.75, 3.05) is 18.0 Å². The highest BCUT2D eigenvalue weighted by molar-refractivity contribution is 7.98. The second-order valence-electron chi connectivity index (χ2n) is 5.79. The Kier molecular flexibility index (Phi) is 4.97. The van der Waals surface area contributed by atoms with Crippen LogP contribution in [-0.4, -0.2) is 19.1 Å². The monoisotopic (exact) mass is 332 g/mol. The van der Waals surface area contributed by atoms with Crippen LogP contribution in [0.15, 0.2) is 53.4 Å². The van der Waals surface area contributed by atoms with Crippen LogP contribution in [0.2, 0.25) is 0 Å². The Hall–Kier alpha value is -1.16. The molecule has 0 aromatic heterocycles. The first kappa shape index (κ1) is 15.7. The zero-order valence-corrected chi connectivity index (χ0v) is 14.1. The van der Waals surface area contributed by atoms with Crippen molar-refractivity contribution in [1.29, 1.82) is 0 Å². The molecule has 4 rings (SSSR count). The Morgan fingerprint density at radius 1 is 1.05 bits per heavy atom. The van der Waals surface area contributed by atoms with E-state index < -0.39 is 0 Å². The Morgan fingerprint density at radius 3 is 2.64 bits per heavy atom. The second-order valence-corrected chi connectivity index (χ2v) is 6.81. The van der Waals surface area contributed by atoms with Gasteiger partial charge in [-0.3, -0.25) is 0 Å². The van der Waals surface area contributed by atoms with Gasteiger partial charge in [0.25, 0.3) is 0 Å². The largest absolute Gasteiger partial charge is 0.339 e. The maximum atomic E-state index is 3.64. The van der Waals surface area contributed by atoms with E-state index in [9.17, 15) is 0 Å². The molecule has 0 spiro atoms. The predicted molar refractivity (Wildman–Crippen MR) is 97.7 cm³/mol. The normalized spacial score (nSPS) is 19.8. The summed E-state index contributed by atoms with van der Waals surface area (Å²) < 4.78 is 0. The number of anilines is 2. The van der Waals surface area contributed by atoms with Gasteiger partial charge in [-0.05, 0) is 43.1 Å². The van der Waals surface area contributed by atoms with Crippen LogP contribution in [0, 0.1) is 0 Å². The molecule has 0 amide bonds. The number of hydrogen-bond acceptors (Lipinski definition) is 3.